The maximum atomic E-state index is 13.2. The van der Waals surface area contributed by atoms with Crippen molar-refractivity contribution in [2.45, 2.75) is 45.1 Å². The summed E-state index contributed by atoms with van der Waals surface area (Å²) < 4.78 is 25.9. The third-order valence-electron chi connectivity index (χ3n) is 2.53. The van der Waals surface area contributed by atoms with E-state index in [2.05, 4.69) is 0 Å². The molecule has 0 atom stereocenters. The molecule has 0 saturated carbocycles. The lowest BCUT2D eigenvalue weighted by Crippen LogP contribution is -2.31. The molecular formula is C13H19F2N. The van der Waals surface area contributed by atoms with Gasteiger partial charge in [0.2, 0.25) is 0 Å². The fourth-order valence-corrected chi connectivity index (χ4v) is 1.62. The number of unbranched alkanes of at least 4 members (excludes halogenated alkanes) is 1. The molecule has 0 fully saturated rings. The van der Waals surface area contributed by atoms with Gasteiger partial charge in [-0.2, -0.15) is 0 Å². The monoisotopic (exact) mass is 227 g/mol. The molecule has 1 rings (SSSR count). The Labute approximate surface area is 95.7 Å². The van der Waals surface area contributed by atoms with Gasteiger partial charge in [-0.15, -0.1) is 0 Å². The number of benzene rings is 1. The van der Waals surface area contributed by atoms with Gasteiger partial charge in [-0.05, 0) is 44.7 Å². The van der Waals surface area contributed by atoms with E-state index in [4.69, 9.17) is 5.73 Å². The lowest BCUT2D eigenvalue weighted by Gasteiger charge is -2.17. The molecule has 0 aliphatic rings. The second-order valence-electron chi connectivity index (χ2n) is 4.93. The Hall–Kier alpha value is -0.960. The SMILES string of the molecule is CC(C)(N)CCCCc1ccc(F)cc1F. The predicted molar refractivity (Wildman–Crippen MR) is 62.2 cm³/mol. The molecule has 0 bridgehead atoms. The highest BCUT2D eigenvalue weighted by molar-refractivity contribution is 5.18. The summed E-state index contributed by atoms with van der Waals surface area (Å²) in [5, 5.41) is 0. The van der Waals surface area contributed by atoms with Crippen molar-refractivity contribution in [2.75, 3.05) is 0 Å². The fraction of sp³-hybridized carbons (Fsp3) is 0.538. The molecule has 3 heteroatoms. The second-order valence-corrected chi connectivity index (χ2v) is 4.93. The lowest BCUT2D eigenvalue weighted by atomic mass is 9.97. The first kappa shape index (κ1) is 13.1. The van der Waals surface area contributed by atoms with E-state index in [-0.39, 0.29) is 5.54 Å². The highest BCUT2D eigenvalue weighted by Gasteiger charge is 2.10. The summed E-state index contributed by atoms with van der Waals surface area (Å²) in [6.07, 6.45) is 3.39. The number of nitrogens with two attached hydrogens (primary N) is 1. The van der Waals surface area contributed by atoms with Gasteiger partial charge >= 0.3 is 0 Å². The van der Waals surface area contributed by atoms with Crippen LogP contribution in [0.25, 0.3) is 0 Å². The molecule has 0 aliphatic heterocycles. The minimum Gasteiger partial charge on any atom is -0.326 e. The van der Waals surface area contributed by atoms with Crippen molar-refractivity contribution in [3.8, 4) is 0 Å². The Kier molecular flexibility index (Phi) is 4.42. The first-order valence-electron chi connectivity index (χ1n) is 5.61. The summed E-state index contributed by atoms with van der Waals surface area (Å²) in [5.74, 6) is -0.976. The third-order valence-corrected chi connectivity index (χ3v) is 2.53. The Morgan fingerprint density at radius 1 is 1.19 bits per heavy atom. The molecule has 0 aromatic heterocycles. The first-order chi connectivity index (χ1) is 7.38. The van der Waals surface area contributed by atoms with Crippen LogP contribution in [-0.2, 0) is 6.42 Å². The van der Waals surface area contributed by atoms with E-state index >= 15 is 0 Å². The van der Waals surface area contributed by atoms with Crippen LogP contribution < -0.4 is 5.73 Å². The molecule has 2 N–H and O–H groups in total. The van der Waals surface area contributed by atoms with Gasteiger partial charge in [0.15, 0.2) is 0 Å². The van der Waals surface area contributed by atoms with Gasteiger partial charge < -0.3 is 5.73 Å². The number of hydrogen-bond acceptors (Lipinski definition) is 1. The Morgan fingerprint density at radius 3 is 2.44 bits per heavy atom. The summed E-state index contributed by atoms with van der Waals surface area (Å²) >= 11 is 0. The third kappa shape index (κ3) is 4.71. The van der Waals surface area contributed by atoms with Crippen LogP contribution >= 0.6 is 0 Å². The molecule has 0 aliphatic carbocycles. The smallest absolute Gasteiger partial charge is 0.129 e. The lowest BCUT2D eigenvalue weighted by molar-refractivity contribution is 0.449. The van der Waals surface area contributed by atoms with Crippen LogP contribution in [0, 0.1) is 11.6 Å². The quantitative estimate of drug-likeness (QED) is 0.766. The molecule has 0 amide bonds. The molecule has 1 nitrogen and oxygen atoms in total. The zero-order valence-electron chi connectivity index (χ0n) is 9.89. The second kappa shape index (κ2) is 5.39. The van der Waals surface area contributed by atoms with Crippen molar-refractivity contribution in [3.05, 3.63) is 35.4 Å². The van der Waals surface area contributed by atoms with E-state index in [1.807, 2.05) is 13.8 Å². The van der Waals surface area contributed by atoms with Crippen LogP contribution in [0.15, 0.2) is 18.2 Å². The van der Waals surface area contributed by atoms with E-state index in [9.17, 15) is 8.78 Å². The van der Waals surface area contributed by atoms with Gasteiger partial charge in [-0.25, -0.2) is 8.78 Å². The Bertz CT molecular complexity index is 342. The average Bonchev–Trinajstić information content (AvgIpc) is 2.13. The highest BCUT2D eigenvalue weighted by Crippen LogP contribution is 2.15. The van der Waals surface area contributed by atoms with E-state index in [1.165, 1.54) is 12.1 Å². The van der Waals surface area contributed by atoms with Gasteiger partial charge in [0.1, 0.15) is 11.6 Å². The van der Waals surface area contributed by atoms with E-state index < -0.39 is 11.6 Å². The van der Waals surface area contributed by atoms with Crippen molar-refractivity contribution in [3.63, 3.8) is 0 Å². The van der Waals surface area contributed by atoms with Crippen LogP contribution in [-0.4, -0.2) is 5.54 Å². The predicted octanol–water partition coefficient (Wildman–Crippen LogP) is 3.41. The number of halogens is 2. The Balaban J connectivity index is 2.38. The van der Waals surface area contributed by atoms with Crippen LogP contribution in [0.2, 0.25) is 0 Å². The molecule has 0 spiro atoms. The molecule has 16 heavy (non-hydrogen) atoms. The molecule has 90 valence electrons. The highest BCUT2D eigenvalue weighted by atomic mass is 19.1. The fourth-order valence-electron chi connectivity index (χ4n) is 1.62. The van der Waals surface area contributed by atoms with Crippen molar-refractivity contribution >= 4 is 0 Å². The van der Waals surface area contributed by atoms with Gasteiger partial charge in [0.25, 0.3) is 0 Å². The molecule has 0 heterocycles. The molecule has 1 aromatic carbocycles. The van der Waals surface area contributed by atoms with Gasteiger partial charge in [0.05, 0.1) is 0 Å². The number of rotatable bonds is 5. The van der Waals surface area contributed by atoms with Crippen LogP contribution in [0.4, 0.5) is 8.78 Å². The maximum Gasteiger partial charge on any atom is 0.129 e. The zero-order valence-corrected chi connectivity index (χ0v) is 9.89. The normalized spacial score (nSPS) is 11.8. The summed E-state index contributed by atoms with van der Waals surface area (Å²) in [7, 11) is 0. The van der Waals surface area contributed by atoms with Crippen LogP contribution in [0.1, 0.15) is 38.7 Å². The average molecular weight is 227 g/mol. The largest absolute Gasteiger partial charge is 0.326 e. The van der Waals surface area contributed by atoms with Gasteiger partial charge in [0, 0.05) is 11.6 Å². The Morgan fingerprint density at radius 2 is 1.88 bits per heavy atom. The van der Waals surface area contributed by atoms with E-state index in [1.54, 1.807) is 0 Å². The minimum absolute atomic E-state index is 0.165. The molecule has 0 saturated heterocycles. The minimum atomic E-state index is -0.524. The molecule has 0 unspecified atom stereocenters. The summed E-state index contributed by atoms with van der Waals surface area (Å²) in [5.41, 5.74) is 6.26. The van der Waals surface area contributed by atoms with E-state index in [0.717, 1.165) is 25.3 Å². The van der Waals surface area contributed by atoms with Crippen molar-refractivity contribution in [1.29, 1.82) is 0 Å². The molecular weight excluding hydrogens is 208 g/mol. The summed E-state index contributed by atoms with van der Waals surface area (Å²) in [6.45, 7) is 3.96. The molecule has 1 aromatic rings. The van der Waals surface area contributed by atoms with E-state index in [0.29, 0.717) is 12.0 Å². The summed E-state index contributed by atoms with van der Waals surface area (Å²) in [6, 6.07) is 3.74. The van der Waals surface area contributed by atoms with Gasteiger partial charge in [-0.3, -0.25) is 0 Å². The maximum absolute atomic E-state index is 13.2. The topological polar surface area (TPSA) is 26.0 Å². The van der Waals surface area contributed by atoms with Crippen LogP contribution in [0.3, 0.4) is 0 Å². The van der Waals surface area contributed by atoms with Crippen molar-refractivity contribution < 1.29 is 8.78 Å². The number of hydrogen-bond donors (Lipinski definition) is 1. The van der Waals surface area contributed by atoms with Gasteiger partial charge in [-0.1, -0.05) is 12.5 Å². The number of aryl methyl sites for hydroxylation is 1. The standard InChI is InChI=1S/C13H19F2N/c1-13(2,16)8-4-3-5-10-6-7-11(14)9-12(10)15/h6-7,9H,3-5,8,16H2,1-2H3. The van der Waals surface area contributed by atoms with Crippen molar-refractivity contribution in [1.82, 2.24) is 0 Å². The zero-order chi connectivity index (χ0) is 12.2. The molecule has 0 radical (unpaired) electrons. The first-order valence-corrected chi connectivity index (χ1v) is 5.61. The van der Waals surface area contributed by atoms with Crippen LogP contribution in [0.5, 0.6) is 0 Å². The van der Waals surface area contributed by atoms with Crippen molar-refractivity contribution in [2.24, 2.45) is 5.73 Å². The summed E-state index contributed by atoms with van der Waals surface area (Å²) in [4.78, 5) is 0.